The molecule has 0 amide bonds. The lowest BCUT2D eigenvalue weighted by molar-refractivity contribution is -0.112. The van der Waals surface area contributed by atoms with Crippen LogP contribution < -0.4 is 10.6 Å². The smallest absolute Gasteiger partial charge is 0.192 e. The van der Waals surface area contributed by atoms with E-state index in [0.717, 1.165) is 0 Å². The number of carbonyl (C=O) groups is 1. The van der Waals surface area contributed by atoms with Gasteiger partial charge in [-0.15, -0.1) is 0 Å². The highest BCUT2D eigenvalue weighted by atomic mass is 16.4. The number of nitrogens with one attached hydrogen (secondary N) is 2. The molecule has 1 aliphatic rings. The molecule has 230 valence electrons. The summed E-state index contributed by atoms with van der Waals surface area (Å²) in [6.45, 7) is 10.5. The number of carbonyl (C=O) groups excluding carboxylic acids is 1. The van der Waals surface area contributed by atoms with E-state index in [4.69, 9.17) is 4.42 Å². The predicted molar refractivity (Wildman–Crippen MR) is 159 cm³/mol. The maximum atomic E-state index is 13.7. The lowest BCUT2D eigenvalue weighted by Gasteiger charge is -2.26. The molecule has 10 heteroatoms. The molecule has 2 unspecified atom stereocenters. The second-order valence-electron chi connectivity index (χ2n) is 12.5. The first kappa shape index (κ1) is 33.4. The molecule has 0 spiro atoms. The van der Waals surface area contributed by atoms with Crippen LogP contribution in [0.25, 0.3) is 5.57 Å². The number of Topliss-reactive ketones (excluding diaryl/α,β-unsaturated/α-hetero) is 1. The van der Waals surface area contributed by atoms with Crippen LogP contribution in [0.5, 0.6) is 5.75 Å². The third-order valence-electron chi connectivity index (χ3n) is 6.76. The highest BCUT2D eigenvalue weighted by Gasteiger charge is 2.30. The number of aliphatic hydroxyl groups is 5. The van der Waals surface area contributed by atoms with E-state index in [1.165, 1.54) is 36.4 Å². The summed E-state index contributed by atoms with van der Waals surface area (Å²) < 4.78 is 5.83. The summed E-state index contributed by atoms with van der Waals surface area (Å²) in [6, 6.07) is 6.06. The molecular weight excluding hydrogens is 540 g/mol. The number of furan rings is 1. The molecular formula is C32H44N2O8. The van der Waals surface area contributed by atoms with Crippen molar-refractivity contribution in [2.75, 3.05) is 19.7 Å². The van der Waals surface area contributed by atoms with Gasteiger partial charge in [0, 0.05) is 52.0 Å². The summed E-state index contributed by atoms with van der Waals surface area (Å²) >= 11 is 0. The molecule has 10 nitrogen and oxygen atoms in total. The number of β-amino-alcohol motifs (C(OH)–C–C–N with tert-alkyl or cyclic N) is 2. The van der Waals surface area contributed by atoms with Crippen molar-refractivity contribution >= 4 is 11.4 Å². The predicted octanol–water partition coefficient (Wildman–Crippen LogP) is 2.37. The summed E-state index contributed by atoms with van der Waals surface area (Å²) in [5, 5.41) is 69.6. The van der Waals surface area contributed by atoms with Crippen molar-refractivity contribution in [3.63, 3.8) is 0 Å². The number of aromatic hydroxyl groups is 1. The van der Waals surface area contributed by atoms with Crippen molar-refractivity contribution in [3.05, 3.63) is 81.3 Å². The van der Waals surface area contributed by atoms with E-state index in [1.807, 2.05) is 41.5 Å². The van der Waals surface area contributed by atoms with Gasteiger partial charge in [-0.2, -0.15) is 0 Å². The molecule has 0 fully saturated rings. The van der Waals surface area contributed by atoms with Crippen LogP contribution in [0.2, 0.25) is 0 Å². The zero-order valence-corrected chi connectivity index (χ0v) is 25.2. The van der Waals surface area contributed by atoms with Crippen LogP contribution >= 0.6 is 0 Å². The summed E-state index contributed by atoms with van der Waals surface area (Å²) in [4.78, 5) is 13.7. The van der Waals surface area contributed by atoms with Crippen molar-refractivity contribution in [3.8, 4) is 5.75 Å². The van der Waals surface area contributed by atoms with Crippen molar-refractivity contribution in [1.29, 1.82) is 0 Å². The number of ketones is 1. The fraction of sp³-hybridized carbons (Fsp3) is 0.469. The first-order valence-electron chi connectivity index (χ1n) is 13.9. The van der Waals surface area contributed by atoms with E-state index >= 15 is 0 Å². The van der Waals surface area contributed by atoms with Crippen molar-refractivity contribution in [1.82, 2.24) is 10.6 Å². The summed E-state index contributed by atoms with van der Waals surface area (Å²) in [6.07, 6.45) is 0.848. The summed E-state index contributed by atoms with van der Waals surface area (Å²) in [7, 11) is 0. The Morgan fingerprint density at radius 3 is 2.00 bits per heavy atom. The molecule has 3 rings (SSSR count). The monoisotopic (exact) mass is 584 g/mol. The zero-order valence-electron chi connectivity index (χ0n) is 25.2. The Morgan fingerprint density at radius 2 is 1.48 bits per heavy atom. The molecule has 1 aromatic carbocycles. The van der Waals surface area contributed by atoms with Crippen LogP contribution in [-0.4, -0.2) is 73.3 Å². The Bertz CT molecular complexity index is 1370. The Balaban J connectivity index is 2.30. The lowest BCUT2D eigenvalue weighted by atomic mass is 9.84. The van der Waals surface area contributed by atoms with Crippen LogP contribution in [0.15, 0.2) is 57.6 Å². The Morgan fingerprint density at radius 1 is 0.857 bits per heavy atom. The lowest BCUT2D eigenvalue weighted by Crippen LogP contribution is -2.41. The standard InChI is InChI=1S/C32H44N2O8/c1-31(2,3)33-13-25(38)18-9-20(15-35)29(40)23(11-18)28(27-8-7-22(17-37)42-27)24-12-19(10-21(16-36)30(24)41)26(39)14-34-32(4,5)6/h7-12,25-26,33-40H,13-17H2,1-6H3/b28-24-. The van der Waals surface area contributed by atoms with Crippen LogP contribution in [0.1, 0.15) is 75.9 Å². The highest BCUT2D eigenvalue weighted by Crippen LogP contribution is 2.40. The fourth-order valence-electron chi connectivity index (χ4n) is 4.48. The van der Waals surface area contributed by atoms with E-state index in [-0.39, 0.29) is 69.3 Å². The van der Waals surface area contributed by atoms with Crippen LogP contribution in [0.3, 0.4) is 0 Å². The van der Waals surface area contributed by atoms with Gasteiger partial charge in [0.15, 0.2) is 5.78 Å². The highest BCUT2D eigenvalue weighted by molar-refractivity contribution is 6.18. The van der Waals surface area contributed by atoms with E-state index in [9.17, 15) is 35.4 Å². The largest absolute Gasteiger partial charge is 0.507 e. The van der Waals surface area contributed by atoms with Crippen molar-refractivity contribution < 1.29 is 39.9 Å². The average Bonchev–Trinajstić information content (AvgIpc) is 3.40. The Hall–Kier alpha value is -3.09. The second kappa shape index (κ2) is 13.5. The molecule has 0 radical (unpaired) electrons. The van der Waals surface area contributed by atoms with Gasteiger partial charge in [-0.3, -0.25) is 4.79 Å². The third kappa shape index (κ3) is 8.26. The number of hydrogen-bond acceptors (Lipinski definition) is 10. The number of allylic oxidation sites excluding steroid dienone is 2. The van der Waals surface area contributed by atoms with Gasteiger partial charge >= 0.3 is 0 Å². The van der Waals surface area contributed by atoms with E-state index in [2.05, 4.69) is 10.6 Å². The number of hydrogen-bond donors (Lipinski definition) is 8. The normalized spacial score (nSPS) is 17.2. The minimum Gasteiger partial charge on any atom is -0.507 e. The topological polar surface area (TPSA) is 176 Å². The second-order valence-corrected chi connectivity index (χ2v) is 12.5. The van der Waals surface area contributed by atoms with Gasteiger partial charge in [-0.25, -0.2) is 0 Å². The van der Waals surface area contributed by atoms with Gasteiger partial charge < -0.3 is 45.7 Å². The molecule has 42 heavy (non-hydrogen) atoms. The van der Waals surface area contributed by atoms with Crippen molar-refractivity contribution in [2.24, 2.45) is 0 Å². The van der Waals surface area contributed by atoms with E-state index in [0.29, 0.717) is 11.1 Å². The molecule has 0 saturated heterocycles. The van der Waals surface area contributed by atoms with E-state index in [1.54, 1.807) is 0 Å². The fourth-order valence-corrected chi connectivity index (χ4v) is 4.48. The number of rotatable bonds is 11. The van der Waals surface area contributed by atoms with Crippen LogP contribution in [0.4, 0.5) is 0 Å². The molecule has 0 saturated carbocycles. The van der Waals surface area contributed by atoms with Gasteiger partial charge in [-0.1, -0.05) is 0 Å². The molecule has 0 aliphatic heterocycles. The zero-order chi connectivity index (χ0) is 31.4. The number of phenols is 1. The van der Waals surface area contributed by atoms with E-state index < -0.39 is 37.8 Å². The molecule has 1 heterocycles. The minimum atomic E-state index is -1.04. The summed E-state index contributed by atoms with van der Waals surface area (Å²) in [5.74, 6) is -0.563. The molecule has 0 bridgehead atoms. The van der Waals surface area contributed by atoms with Crippen LogP contribution in [0, 0.1) is 0 Å². The Labute approximate surface area is 246 Å². The maximum absolute atomic E-state index is 13.7. The van der Waals surface area contributed by atoms with Crippen molar-refractivity contribution in [2.45, 2.75) is 78.0 Å². The van der Waals surface area contributed by atoms with Gasteiger partial charge in [0.2, 0.25) is 0 Å². The molecule has 2 aromatic rings. The quantitative estimate of drug-likeness (QED) is 0.183. The third-order valence-corrected chi connectivity index (χ3v) is 6.76. The maximum Gasteiger partial charge on any atom is 0.192 e. The Kier molecular flexibility index (Phi) is 10.7. The summed E-state index contributed by atoms with van der Waals surface area (Å²) in [5.41, 5.74) is 0.504. The van der Waals surface area contributed by atoms with Gasteiger partial charge in [0.25, 0.3) is 0 Å². The van der Waals surface area contributed by atoms with Gasteiger partial charge in [0.05, 0.1) is 25.4 Å². The SMILES string of the molecule is CC(C)(C)NCC(O)C1=C/C(=C(/c2ccc(CO)o2)c2cc(C(O)CNC(C)(C)C)cc(CO)c2O)C(=O)C(CO)=C1. The molecule has 1 aliphatic carbocycles. The molecule has 2 atom stereocenters. The molecule has 8 N–H and O–H groups in total. The first-order valence-corrected chi connectivity index (χ1v) is 13.9. The van der Waals surface area contributed by atoms with Gasteiger partial charge in [0.1, 0.15) is 23.9 Å². The number of aliphatic hydroxyl groups excluding tert-OH is 5. The van der Waals surface area contributed by atoms with Gasteiger partial charge in [-0.05, 0) is 89.1 Å². The molecule has 1 aromatic heterocycles. The first-order chi connectivity index (χ1) is 19.6. The average molecular weight is 585 g/mol. The van der Waals surface area contributed by atoms with Crippen LogP contribution in [-0.2, 0) is 18.0 Å². The minimum absolute atomic E-state index is 0.0174. The number of benzene rings is 1.